The largest absolute Gasteiger partial charge is 0.492 e. The van der Waals surface area contributed by atoms with E-state index >= 15 is 13.2 Å². The number of aromatic nitrogens is 2. The van der Waals surface area contributed by atoms with E-state index < -0.39 is 52.9 Å². The van der Waals surface area contributed by atoms with Crippen LogP contribution in [0.3, 0.4) is 0 Å². The molecule has 5 atom stereocenters. The Balaban J connectivity index is 0.836. The van der Waals surface area contributed by atoms with E-state index in [1.165, 1.54) is 30.9 Å². The molecule has 2 aromatic heterocycles. The van der Waals surface area contributed by atoms with Crippen LogP contribution in [0, 0.1) is 24.0 Å². The Labute approximate surface area is 426 Å². The third-order valence-corrected chi connectivity index (χ3v) is 14.9. The summed E-state index contributed by atoms with van der Waals surface area (Å²) in [4.78, 5) is 57.2. The maximum absolute atomic E-state index is 16.2. The summed E-state index contributed by atoms with van der Waals surface area (Å²) in [7, 11) is 3.95. The van der Waals surface area contributed by atoms with Crippen LogP contribution in [-0.2, 0) is 27.3 Å². The third-order valence-electron chi connectivity index (χ3n) is 13.9. The highest BCUT2D eigenvalue weighted by atomic mass is 32.1. The minimum atomic E-state index is -1.60. The lowest BCUT2D eigenvalue weighted by Crippen LogP contribution is -2.57. The zero-order valence-electron chi connectivity index (χ0n) is 43.3. The van der Waals surface area contributed by atoms with Crippen molar-refractivity contribution < 1.29 is 37.4 Å². The van der Waals surface area contributed by atoms with Gasteiger partial charge in [-0.3, -0.25) is 19.3 Å². The Bertz CT molecular complexity index is 2640. The van der Waals surface area contributed by atoms with Crippen LogP contribution in [0.2, 0.25) is 0 Å². The molecule has 3 aromatic carbocycles. The van der Waals surface area contributed by atoms with E-state index in [9.17, 15) is 19.5 Å². The number of carbonyl (C=O) groups excluding carboxylic acids is 3. The Morgan fingerprint density at radius 2 is 1.65 bits per heavy atom. The fourth-order valence-electron chi connectivity index (χ4n) is 9.97. The number of aliphatic hydroxyl groups is 1. The lowest BCUT2D eigenvalue weighted by molar-refractivity contribution is -0.144. The van der Waals surface area contributed by atoms with Crippen LogP contribution in [0.4, 0.5) is 13.2 Å². The van der Waals surface area contributed by atoms with Crippen LogP contribution >= 0.6 is 11.3 Å². The molecule has 1 unspecified atom stereocenters. The Kier molecular flexibility index (Phi) is 17.6. The summed E-state index contributed by atoms with van der Waals surface area (Å²) in [6.07, 6.45) is 1.43. The molecule has 2 aliphatic rings. The predicted molar refractivity (Wildman–Crippen MR) is 278 cm³/mol. The number of halogens is 3. The molecule has 0 radical (unpaired) electrons. The lowest BCUT2D eigenvalue weighted by atomic mass is 9.85. The number of hydrogen-bond donors (Lipinski definition) is 4. The van der Waals surface area contributed by atoms with E-state index in [1.807, 2.05) is 108 Å². The van der Waals surface area contributed by atoms with E-state index in [-0.39, 0.29) is 68.3 Å². The molecule has 1 saturated heterocycles. The third kappa shape index (κ3) is 13.4. The molecule has 5 aromatic rings. The van der Waals surface area contributed by atoms with Gasteiger partial charge in [-0.2, -0.15) is 0 Å². The number of aliphatic hydroxyl groups excluding tert-OH is 1. The van der Waals surface area contributed by atoms with Gasteiger partial charge in [0.15, 0.2) is 0 Å². The number of unbranched alkanes of at least 4 members (excludes halogenated alkanes) is 1. The van der Waals surface area contributed by atoms with Crippen LogP contribution < -0.4 is 15.4 Å². The molecule has 0 bridgehead atoms. The van der Waals surface area contributed by atoms with Crippen molar-refractivity contribution in [2.75, 3.05) is 60.0 Å². The van der Waals surface area contributed by atoms with Crippen molar-refractivity contribution in [2.24, 2.45) is 5.41 Å². The van der Waals surface area contributed by atoms with Gasteiger partial charge in [-0.05, 0) is 95.8 Å². The quantitative estimate of drug-likeness (QED) is 0.0535. The SMILES string of the molecule is Cc1ncsc1-c1ccc(CNC(=O)[C@@H]2C[C@@H](O)CN2C(=O)[C@@H](NC(=O)CCCCN(C)CCN(C)CCOc2cc(F)c(C3c4[nH]c5ccccc5c4C[C@@H](C)N3CC(C)(C)F)c(F)c2)C(C)(C)C)cc1. The summed E-state index contributed by atoms with van der Waals surface area (Å²) < 4.78 is 53.4. The van der Waals surface area contributed by atoms with Gasteiger partial charge in [0, 0.05) is 92.4 Å². The smallest absolute Gasteiger partial charge is 0.246 e. The normalized spacial score (nSPS) is 19.0. The first-order valence-electron chi connectivity index (χ1n) is 25.2. The van der Waals surface area contributed by atoms with Gasteiger partial charge in [0.25, 0.3) is 0 Å². The van der Waals surface area contributed by atoms with Gasteiger partial charge in [0.1, 0.15) is 41.7 Å². The molecule has 1 fully saturated rings. The van der Waals surface area contributed by atoms with Crippen molar-refractivity contribution >= 4 is 40.0 Å². The number of aryl methyl sites for hydroxylation is 1. The minimum Gasteiger partial charge on any atom is -0.492 e. The summed E-state index contributed by atoms with van der Waals surface area (Å²) in [5.74, 6) is -2.43. The first-order chi connectivity index (χ1) is 34.1. The number of benzene rings is 3. The lowest BCUT2D eigenvalue weighted by Gasteiger charge is -2.43. The van der Waals surface area contributed by atoms with Gasteiger partial charge in [0.2, 0.25) is 17.7 Å². The summed E-state index contributed by atoms with van der Waals surface area (Å²) >= 11 is 1.57. The summed E-state index contributed by atoms with van der Waals surface area (Å²) in [5.41, 5.74) is 4.86. The number of ether oxygens (including phenoxy) is 1. The van der Waals surface area contributed by atoms with Gasteiger partial charge in [-0.25, -0.2) is 18.2 Å². The van der Waals surface area contributed by atoms with Crippen molar-refractivity contribution in [2.45, 2.75) is 123 Å². The molecule has 0 saturated carbocycles. The number of β-amino-alcohol motifs (C(OH)–C–C–N with tert-alkyl or cyclic N) is 1. The number of fused-ring (bicyclic) bond motifs is 3. The molecule has 4 N–H and O–H groups in total. The zero-order chi connectivity index (χ0) is 52.1. The first kappa shape index (κ1) is 54.4. The van der Waals surface area contributed by atoms with Crippen LogP contribution in [-0.4, -0.2) is 142 Å². The molecule has 13 nitrogen and oxygen atoms in total. The Hall–Kier alpha value is -5.33. The number of rotatable bonds is 21. The van der Waals surface area contributed by atoms with Crippen molar-refractivity contribution in [1.29, 1.82) is 0 Å². The van der Waals surface area contributed by atoms with E-state index in [1.54, 1.807) is 11.3 Å². The number of hydrogen-bond acceptors (Lipinski definition) is 10. The predicted octanol–water partition coefficient (Wildman–Crippen LogP) is 8.18. The molecule has 72 heavy (non-hydrogen) atoms. The van der Waals surface area contributed by atoms with Gasteiger partial charge >= 0.3 is 0 Å². The van der Waals surface area contributed by atoms with Gasteiger partial charge in [-0.1, -0.05) is 63.2 Å². The number of likely N-dealkylation sites (N-methyl/N-ethyl adjacent to an activating group) is 2. The van der Waals surface area contributed by atoms with E-state index in [4.69, 9.17) is 4.74 Å². The molecular formula is C55H73F3N8O5S. The van der Waals surface area contributed by atoms with Crippen molar-refractivity contribution in [3.05, 3.63) is 106 Å². The highest BCUT2D eigenvalue weighted by Crippen LogP contribution is 2.44. The first-order valence-corrected chi connectivity index (χ1v) is 26.0. The summed E-state index contributed by atoms with van der Waals surface area (Å²) in [5, 5.41) is 17.5. The number of aromatic amines is 1. The highest BCUT2D eigenvalue weighted by Gasteiger charge is 2.45. The number of nitrogens with one attached hydrogen (secondary N) is 3. The Morgan fingerprint density at radius 3 is 2.31 bits per heavy atom. The number of thiazole rings is 1. The van der Waals surface area contributed by atoms with Crippen LogP contribution in [0.15, 0.2) is 66.2 Å². The number of para-hydroxylation sites is 1. The molecule has 4 heterocycles. The second-order valence-electron chi connectivity index (χ2n) is 21.6. The van der Waals surface area contributed by atoms with Crippen molar-refractivity contribution in [1.82, 2.24) is 40.2 Å². The minimum absolute atomic E-state index is 0.000891. The summed E-state index contributed by atoms with van der Waals surface area (Å²) in [6, 6.07) is 15.3. The highest BCUT2D eigenvalue weighted by molar-refractivity contribution is 7.13. The molecule has 3 amide bonds. The average molecular weight is 1020 g/mol. The van der Waals surface area contributed by atoms with Crippen LogP contribution in [0.5, 0.6) is 5.75 Å². The molecule has 2 aliphatic heterocycles. The van der Waals surface area contributed by atoms with Crippen LogP contribution in [0.25, 0.3) is 21.3 Å². The summed E-state index contributed by atoms with van der Waals surface area (Å²) in [6.45, 7) is 15.7. The maximum Gasteiger partial charge on any atom is 0.246 e. The van der Waals surface area contributed by atoms with Gasteiger partial charge in [0.05, 0.1) is 28.2 Å². The second kappa shape index (κ2) is 23.3. The zero-order valence-corrected chi connectivity index (χ0v) is 44.1. The molecule has 390 valence electrons. The second-order valence-corrected chi connectivity index (χ2v) is 22.4. The fraction of sp³-hybridized carbons (Fsp3) is 0.527. The topological polar surface area (TPSA) is 146 Å². The van der Waals surface area contributed by atoms with Crippen molar-refractivity contribution in [3.63, 3.8) is 0 Å². The van der Waals surface area contributed by atoms with E-state index in [0.29, 0.717) is 31.6 Å². The number of carbonyl (C=O) groups is 3. The number of nitrogens with zero attached hydrogens (tertiary/aromatic N) is 5. The standard InChI is InChI=1S/C55H73F3N8O5S/c1-34-26-41-40-14-10-11-15-44(40)61-48(41)49(66(34)32-55(6,7)58)47-42(56)28-39(29-43(47)57)71-25-24-64(9)23-22-63(8)21-13-12-16-46(68)62-51(54(3,4)5)53(70)65-31-38(67)27-45(65)52(69)59-30-36-17-19-37(20-18-36)50-35(2)60-33-72-50/h10-11,14-15,17-20,28-29,33-34,38,45,49,51,61,67H,12-13,16,21-27,30-32H2,1-9H3,(H,59,69)(H,62,68)/t34-,38-,45+,49?,51-/m1/s1. The van der Waals surface area contributed by atoms with Gasteiger partial charge < -0.3 is 40.2 Å². The maximum atomic E-state index is 16.2. The van der Waals surface area contributed by atoms with E-state index in [2.05, 4.69) is 30.4 Å². The molecule has 0 spiro atoms. The molecule has 17 heteroatoms. The number of H-pyrrole nitrogens is 1. The monoisotopic (exact) mass is 1010 g/mol. The van der Waals surface area contributed by atoms with Crippen LogP contribution in [0.1, 0.15) is 101 Å². The van der Waals surface area contributed by atoms with Crippen molar-refractivity contribution in [3.8, 4) is 16.2 Å². The van der Waals surface area contributed by atoms with E-state index in [0.717, 1.165) is 57.7 Å². The molecule has 0 aliphatic carbocycles. The molecular weight excluding hydrogens is 942 g/mol. The fourth-order valence-corrected chi connectivity index (χ4v) is 10.8. The average Bonchev–Trinajstić information content (AvgIpc) is 4.04. The Morgan fingerprint density at radius 1 is 0.972 bits per heavy atom. The van der Waals surface area contributed by atoms with Gasteiger partial charge in [-0.15, -0.1) is 11.3 Å². The number of likely N-dealkylation sites (tertiary alicyclic amines) is 1. The number of alkyl halides is 1. The molecule has 7 rings (SSSR count). The number of amides is 3.